The SMILES string of the molecule is COCOCCP(CCOCOC)c1ccccc1. The third kappa shape index (κ3) is 7.61. The van der Waals surface area contributed by atoms with Crippen molar-refractivity contribution in [3.8, 4) is 0 Å². The van der Waals surface area contributed by atoms with Gasteiger partial charge in [0.1, 0.15) is 13.6 Å². The molecule has 4 nitrogen and oxygen atoms in total. The van der Waals surface area contributed by atoms with Gasteiger partial charge in [0.05, 0.1) is 13.2 Å². The molecule has 0 N–H and O–H groups in total. The summed E-state index contributed by atoms with van der Waals surface area (Å²) in [6, 6.07) is 10.6. The first-order valence-corrected chi connectivity index (χ1v) is 8.03. The second kappa shape index (κ2) is 11.3. The Morgan fingerprint density at radius 2 is 1.37 bits per heavy atom. The van der Waals surface area contributed by atoms with Gasteiger partial charge >= 0.3 is 0 Å². The zero-order chi connectivity index (χ0) is 13.8. The van der Waals surface area contributed by atoms with Gasteiger partial charge in [-0.2, -0.15) is 0 Å². The first kappa shape index (κ1) is 16.5. The topological polar surface area (TPSA) is 36.9 Å². The maximum atomic E-state index is 5.39. The molecule has 0 bridgehead atoms. The van der Waals surface area contributed by atoms with Crippen molar-refractivity contribution in [3.05, 3.63) is 30.3 Å². The molecule has 0 heterocycles. The second-order valence-electron chi connectivity index (χ2n) is 3.95. The van der Waals surface area contributed by atoms with Gasteiger partial charge in [0.15, 0.2) is 0 Å². The van der Waals surface area contributed by atoms with E-state index in [1.807, 2.05) is 6.07 Å². The van der Waals surface area contributed by atoms with E-state index in [-0.39, 0.29) is 7.92 Å². The lowest BCUT2D eigenvalue weighted by Crippen LogP contribution is -2.13. The van der Waals surface area contributed by atoms with Gasteiger partial charge in [-0.05, 0) is 17.6 Å². The van der Waals surface area contributed by atoms with Gasteiger partial charge in [-0.1, -0.05) is 38.3 Å². The minimum Gasteiger partial charge on any atom is -0.359 e. The Kier molecular flexibility index (Phi) is 9.86. The highest BCUT2D eigenvalue weighted by Crippen LogP contribution is 2.33. The van der Waals surface area contributed by atoms with Gasteiger partial charge < -0.3 is 18.9 Å². The Morgan fingerprint density at radius 3 is 1.84 bits per heavy atom. The highest BCUT2D eigenvalue weighted by Gasteiger charge is 2.10. The van der Waals surface area contributed by atoms with E-state index < -0.39 is 0 Å². The first-order valence-electron chi connectivity index (χ1n) is 6.32. The van der Waals surface area contributed by atoms with Crippen LogP contribution in [0.4, 0.5) is 0 Å². The minimum absolute atomic E-state index is 0.250. The summed E-state index contributed by atoms with van der Waals surface area (Å²) >= 11 is 0. The third-order valence-corrected chi connectivity index (χ3v) is 5.01. The van der Waals surface area contributed by atoms with Gasteiger partial charge in [-0.15, -0.1) is 0 Å². The zero-order valence-corrected chi connectivity index (χ0v) is 12.6. The fourth-order valence-corrected chi connectivity index (χ4v) is 3.68. The first-order chi connectivity index (χ1) is 9.38. The Balaban J connectivity index is 2.39. The number of rotatable bonds is 11. The number of methoxy groups -OCH3 is 2. The molecule has 0 atom stereocenters. The molecule has 1 rings (SSSR count). The highest BCUT2D eigenvalue weighted by atomic mass is 31.1. The van der Waals surface area contributed by atoms with Crippen molar-refractivity contribution in [2.75, 3.05) is 53.3 Å². The molecular formula is C14H23O4P. The van der Waals surface area contributed by atoms with Crippen molar-refractivity contribution < 1.29 is 18.9 Å². The summed E-state index contributed by atoms with van der Waals surface area (Å²) in [5.41, 5.74) is 0. The van der Waals surface area contributed by atoms with Crippen molar-refractivity contribution in [2.24, 2.45) is 0 Å². The highest BCUT2D eigenvalue weighted by molar-refractivity contribution is 7.65. The quantitative estimate of drug-likeness (QED) is 0.354. The summed E-state index contributed by atoms with van der Waals surface area (Å²) < 4.78 is 20.6. The normalized spacial score (nSPS) is 11.1. The van der Waals surface area contributed by atoms with Crippen molar-refractivity contribution in [1.29, 1.82) is 0 Å². The average molecular weight is 286 g/mol. The van der Waals surface area contributed by atoms with Crippen LogP contribution >= 0.6 is 7.92 Å². The number of hydrogen-bond acceptors (Lipinski definition) is 4. The lowest BCUT2D eigenvalue weighted by molar-refractivity contribution is -0.0253. The molecule has 0 aromatic heterocycles. The van der Waals surface area contributed by atoms with Gasteiger partial charge in [-0.3, -0.25) is 0 Å². The predicted octanol–water partition coefficient (Wildman–Crippen LogP) is 2.03. The van der Waals surface area contributed by atoms with Crippen LogP contribution in [0, 0.1) is 0 Å². The van der Waals surface area contributed by atoms with Gasteiger partial charge in [0, 0.05) is 14.2 Å². The second-order valence-corrected chi connectivity index (χ2v) is 6.44. The molecular weight excluding hydrogens is 263 g/mol. The summed E-state index contributed by atoms with van der Waals surface area (Å²) in [5.74, 6) is 0. The van der Waals surface area contributed by atoms with Crippen LogP contribution in [0.1, 0.15) is 0 Å². The third-order valence-electron chi connectivity index (χ3n) is 2.53. The van der Waals surface area contributed by atoms with E-state index in [9.17, 15) is 0 Å². The molecule has 0 unspecified atom stereocenters. The van der Waals surface area contributed by atoms with E-state index in [1.54, 1.807) is 14.2 Å². The Morgan fingerprint density at radius 1 is 0.842 bits per heavy atom. The Labute approximate surface area is 116 Å². The fraction of sp³-hybridized carbons (Fsp3) is 0.571. The fourth-order valence-electron chi connectivity index (χ4n) is 1.64. The molecule has 1 aromatic rings. The van der Waals surface area contributed by atoms with Crippen molar-refractivity contribution in [2.45, 2.75) is 0 Å². The average Bonchev–Trinajstić information content (AvgIpc) is 2.46. The number of ether oxygens (including phenoxy) is 4. The van der Waals surface area contributed by atoms with Crippen molar-refractivity contribution in [1.82, 2.24) is 0 Å². The summed E-state index contributed by atoms with van der Waals surface area (Å²) in [6.07, 6.45) is 2.05. The van der Waals surface area contributed by atoms with E-state index in [0.29, 0.717) is 13.6 Å². The molecule has 0 saturated heterocycles. The smallest absolute Gasteiger partial charge is 0.146 e. The van der Waals surface area contributed by atoms with Crippen LogP contribution in [0.3, 0.4) is 0 Å². The molecule has 0 saturated carbocycles. The van der Waals surface area contributed by atoms with Crippen LogP contribution in [0.15, 0.2) is 30.3 Å². The Hall–Kier alpha value is -0.510. The molecule has 0 aliphatic carbocycles. The summed E-state index contributed by atoms with van der Waals surface area (Å²) in [4.78, 5) is 0. The van der Waals surface area contributed by atoms with Gasteiger partial charge in [-0.25, -0.2) is 0 Å². The van der Waals surface area contributed by atoms with Gasteiger partial charge in [0.25, 0.3) is 0 Å². The van der Waals surface area contributed by atoms with Crippen LogP contribution in [0.25, 0.3) is 0 Å². The van der Waals surface area contributed by atoms with Crippen LogP contribution in [0.2, 0.25) is 0 Å². The van der Waals surface area contributed by atoms with Crippen LogP contribution in [0.5, 0.6) is 0 Å². The molecule has 108 valence electrons. The summed E-state index contributed by atoms with van der Waals surface area (Å²) in [7, 11) is 3.02. The lowest BCUT2D eigenvalue weighted by Gasteiger charge is -2.18. The van der Waals surface area contributed by atoms with E-state index in [1.165, 1.54) is 5.30 Å². The molecule has 1 aromatic carbocycles. The number of benzene rings is 1. The minimum atomic E-state index is -0.250. The molecule has 19 heavy (non-hydrogen) atoms. The van der Waals surface area contributed by atoms with Crippen molar-refractivity contribution >= 4 is 13.2 Å². The maximum absolute atomic E-state index is 5.39. The molecule has 0 aliphatic heterocycles. The molecule has 0 aliphatic rings. The monoisotopic (exact) mass is 286 g/mol. The van der Waals surface area contributed by atoms with Crippen LogP contribution in [-0.2, 0) is 18.9 Å². The predicted molar refractivity (Wildman–Crippen MR) is 78.4 cm³/mol. The lowest BCUT2D eigenvalue weighted by atomic mass is 10.4. The van der Waals surface area contributed by atoms with Crippen molar-refractivity contribution in [3.63, 3.8) is 0 Å². The maximum Gasteiger partial charge on any atom is 0.146 e. The molecule has 0 amide bonds. The molecule has 0 radical (unpaired) electrons. The molecule has 0 spiro atoms. The summed E-state index contributed by atoms with van der Waals surface area (Å²) in [6.45, 7) is 2.16. The van der Waals surface area contributed by atoms with E-state index in [2.05, 4.69) is 24.3 Å². The van der Waals surface area contributed by atoms with Crippen LogP contribution in [-0.4, -0.2) is 53.3 Å². The van der Waals surface area contributed by atoms with E-state index >= 15 is 0 Å². The number of hydrogen-bond donors (Lipinski definition) is 0. The van der Waals surface area contributed by atoms with Gasteiger partial charge in [0.2, 0.25) is 0 Å². The zero-order valence-electron chi connectivity index (χ0n) is 11.7. The summed E-state index contributed by atoms with van der Waals surface area (Å²) in [5, 5.41) is 1.39. The van der Waals surface area contributed by atoms with E-state index in [4.69, 9.17) is 18.9 Å². The van der Waals surface area contributed by atoms with E-state index in [0.717, 1.165) is 25.5 Å². The largest absolute Gasteiger partial charge is 0.359 e. The molecule has 5 heteroatoms. The Bertz CT molecular complexity index is 296. The standard InChI is InChI=1S/C14H23O4P/c1-15-12-17-8-10-19(11-9-18-13-16-2)14-6-4-3-5-7-14/h3-7H,8-13H2,1-2H3. The molecule has 0 fully saturated rings. The van der Waals surface area contributed by atoms with Crippen LogP contribution < -0.4 is 5.30 Å².